The Morgan fingerprint density at radius 1 is 0.419 bits per heavy atom. The van der Waals surface area contributed by atoms with E-state index in [1.807, 2.05) is 135 Å². The number of aromatic nitrogens is 2. The SMILES string of the molecule is C.C.Cc1cc(CCC[C@@H](C(=O)N[C@H](C(=O)NC(C)c2ccncc2)C(C)(C)C)C(O)C(=O)NO)ccc1-c1ccccc1.Cc1cc(CCC[C@@H](C(=O)N[C@H](C(=O)N[C@H](C)c2ccncc2)C(C)(C)C)[C@@H]2OC(C)(C)OC2=O)ccc1-c1ccccc1.Cc1cc(CCC[C@@H](C(=O)N[C@H](C(=O)O)C(C)(C)C)[C@@H]2OC(C)(C)OC2=O)ccc1-c1ccccc1. The zero-order valence-corrected chi connectivity index (χ0v) is 73.7. The van der Waals surface area contributed by atoms with Gasteiger partial charge in [0.25, 0.3) is 5.91 Å². The molecule has 2 aliphatic heterocycles. The molecular weight excluding hydrogens is 1570 g/mol. The van der Waals surface area contributed by atoms with E-state index in [2.05, 4.69) is 135 Å². The number of hydrogen-bond donors (Lipinski definition) is 9. The molecule has 24 heteroatoms. The molecule has 6 amide bonds. The molecule has 668 valence electrons. The minimum Gasteiger partial charge on any atom is -0.480 e. The first-order valence-corrected chi connectivity index (χ1v) is 41.9. The second-order valence-corrected chi connectivity index (χ2v) is 36.0. The van der Waals surface area contributed by atoms with Crippen LogP contribution in [0.25, 0.3) is 33.4 Å². The highest BCUT2D eigenvalue weighted by Crippen LogP contribution is 2.36. The molecule has 24 nitrogen and oxygen atoms in total. The maximum atomic E-state index is 13.9. The highest BCUT2D eigenvalue weighted by Gasteiger charge is 2.51. The number of pyridine rings is 2. The van der Waals surface area contributed by atoms with E-state index in [1.54, 1.807) is 85.4 Å². The van der Waals surface area contributed by atoms with Crippen LogP contribution < -0.4 is 32.1 Å². The van der Waals surface area contributed by atoms with Crippen LogP contribution in [0.3, 0.4) is 0 Å². The first-order valence-electron chi connectivity index (χ1n) is 41.9. The van der Waals surface area contributed by atoms with Crippen molar-refractivity contribution in [3.63, 3.8) is 0 Å². The van der Waals surface area contributed by atoms with E-state index in [1.165, 1.54) is 27.7 Å². The molecule has 0 radical (unpaired) electrons. The number of esters is 2. The lowest BCUT2D eigenvalue weighted by Crippen LogP contribution is -2.56. The van der Waals surface area contributed by atoms with E-state index in [9.17, 15) is 53.4 Å². The molecular formula is C100H132N8O16. The first kappa shape index (κ1) is 101. The van der Waals surface area contributed by atoms with Crippen LogP contribution in [0.15, 0.2) is 195 Å². The number of carbonyl (C=O) groups is 9. The summed E-state index contributed by atoms with van der Waals surface area (Å²) in [5, 5.41) is 43.8. The predicted octanol–water partition coefficient (Wildman–Crippen LogP) is 16.5. The van der Waals surface area contributed by atoms with E-state index in [4.69, 9.17) is 24.2 Å². The van der Waals surface area contributed by atoms with E-state index in [0.717, 1.165) is 62.1 Å². The van der Waals surface area contributed by atoms with Crippen LogP contribution >= 0.6 is 0 Å². The Bertz CT molecular complexity index is 4860. The van der Waals surface area contributed by atoms with Crippen molar-refractivity contribution in [2.45, 2.75) is 257 Å². The smallest absolute Gasteiger partial charge is 0.338 e. The van der Waals surface area contributed by atoms with Crippen LogP contribution in [0.5, 0.6) is 0 Å². The zero-order chi connectivity index (χ0) is 89.6. The summed E-state index contributed by atoms with van der Waals surface area (Å²) in [6, 6.07) is 53.2. The summed E-state index contributed by atoms with van der Waals surface area (Å²) in [5.74, 6) is -10.8. The molecule has 4 heterocycles. The third-order valence-electron chi connectivity index (χ3n) is 21.9. The third kappa shape index (κ3) is 29.2. The summed E-state index contributed by atoms with van der Waals surface area (Å²) in [7, 11) is 0. The van der Waals surface area contributed by atoms with Crippen molar-refractivity contribution in [3.05, 3.63) is 239 Å². The largest absolute Gasteiger partial charge is 0.480 e. The summed E-state index contributed by atoms with van der Waals surface area (Å²) in [6.45, 7) is 32.9. The summed E-state index contributed by atoms with van der Waals surface area (Å²) < 4.78 is 22.4. The Morgan fingerprint density at radius 3 is 1.01 bits per heavy atom. The van der Waals surface area contributed by atoms with Gasteiger partial charge in [-0.3, -0.25) is 43.9 Å². The topological polar surface area (TPSA) is 349 Å². The number of aliphatic hydroxyl groups is 1. The molecule has 10 rings (SSSR count). The van der Waals surface area contributed by atoms with Crippen LogP contribution in [0.4, 0.5) is 0 Å². The van der Waals surface area contributed by atoms with Gasteiger partial charge in [-0.2, -0.15) is 0 Å². The van der Waals surface area contributed by atoms with Crippen molar-refractivity contribution in [2.75, 3.05) is 0 Å². The Balaban J connectivity index is 0.000000287. The van der Waals surface area contributed by atoms with E-state index in [0.29, 0.717) is 44.9 Å². The number of hydroxylamine groups is 1. The number of nitrogens with one attached hydrogen (secondary N) is 6. The van der Waals surface area contributed by atoms with Gasteiger partial charge in [0.2, 0.25) is 41.1 Å². The number of rotatable bonds is 32. The first-order chi connectivity index (χ1) is 57.4. The van der Waals surface area contributed by atoms with E-state index in [-0.39, 0.29) is 39.3 Å². The van der Waals surface area contributed by atoms with Crippen LogP contribution in [-0.4, -0.2) is 127 Å². The van der Waals surface area contributed by atoms with Crippen molar-refractivity contribution >= 4 is 53.4 Å². The van der Waals surface area contributed by atoms with Gasteiger partial charge in [0, 0.05) is 52.5 Å². The monoisotopic (exact) mass is 1700 g/mol. The van der Waals surface area contributed by atoms with Gasteiger partial charge in [-0.25, -0.2) is 19.9 Å². The molecule has 0 spiro atoms. The van der Waals surface area contributed by atoms with Gasteiger partial charge < -0.3 is 55.7 Å². The quantitative estimate of drug-likeness (QED) is 0.0107. The molecule has 124 heavy (non-hydrogen) atoms. The maximum Gasteiger partial charge on any atom is 0.338 e. The molecule has 9 N–H and O–H groups in total. The molecule has 6 aromatic carbocycles. The Labute approximate surface area is 733 Å². The van der Waals surface area contributed by atoms with Gasteiger partial charge in [-0.05, 0) is 211 Å². The number of amides is 6. The molecule has 0 bridgehead atoms. The van der Waals surface area contributed by atoms with Crippen molar-refractivity contribution in [1.82, 2.24) is 42.0 Å². The number of aliphatic hydroxyl groups excluding tert-OH is 1. The number of aryl methyl sites for hydroxylation is 6. The lowest BCUT2D eigenvalue weighted by atomic mass is 9.84. The van der Waals surface area contributed by atoms with Crippen LogP contribution in [0, 0.1) is 54.8 Å². The van der Waals surface area contributed by atoms with Crippen molar-refractivity contribution < 1.29 is 77.5 Å². The Kier molecular flexibility index (Phi) is 37.1. The number of carboxylic acids is 1. The standard InChI is InChI=1S/C36H45N3O5.C33H42N4O5.C29H37NO6.2CH4/c1-23-22-25(16-17-28(23)27-13-9-8-10-14-27)12-11-15-29(30-34(42)44-36(6,7)43-30)32(40)39-31(35(3,4)5)33(41)38-24(2)26-18-20-37-21-19-26;1-21-20-23(14-15-26(21)25-11-7-6-8-12-25)10-9-13-27(28(38)31(40)37-42)30(39)36-29(33(3,4)5)32(41)35-22(2)24-16-18-34-19-17-24;1-18-17-19(15-16-21(18)20-12-8-7-9-13-20)11-10-14-22(23-27(34)36-29(5,6)35-23)25(31)30-24(26(32)33)28(2,3)4;;/h8-10,13-14,16-22,24,29-31H,11-12,15H2,1-7H3,(H,38,41)(H,39,40);6-8,11-12,14-20,22,27-29,38,42H,9-10,13H2,1-5H3,(H,35,41)(H,36,39)(H,37,40);7-9,12-13,15-17,22-24H,10-11,14H2,1-6H3,(H,30,31)(H,32,33);2*1H4/t24-,29-,30+,31-;22?,27-,28?,29-;22-,23+,24-;;/m111../s1. The zero-order valence-electron chi connectivity index (χ0n) is 73.7. The average Bonchev–Trinajstić information content (AvgIpc) is 1.67. The number of ether oxygens (including phenoxy) is 4. The van der Waals surface area contributed by atoms with Gasteiger partial charge in [-0.1, -0.05) is 223 Å². The number of carboxylic acid groups (broad SMARTS) is 1. The van der Waals surface area contributed by atoms with Crippen LogP contribution in [-0.2, 0) is 81.4 Å². The number of nitrogens with zero attached hydrogens (tertiary/aromatic N) is 2. The molecule has 2 saturated heterocycles. The number of hydrogen-bond acceptors (Lipinski definition) is 17. The number of benzene rings is 6. The molecule has 0 aliphatic carbocycles. The van der Waals surface area contributed by atoms with Crippen molar-refractivity contribution in [3.8, 4) is 33.4 Å². The van der Waals surface area contributed by atoms with Crippen LogP contribution in [0.2, 0.25) is 0 Å². The molecule has 2 unspecified atom stereocenters. The van der Waals surface area contributed by atoms with Gasteiger partial charge >= 0.3 is 17.9 Å². The summed E-state index contributed by atoms with van der Waals surface area (Å²) in [4.78, 5) is 125. The van der Waals surface area contributed by atoms with Crippen molar-refractivity contribution in [1.29, 1.82) is 0 Å². The highest BCUT2D eigenvalue weighted by molar-refractivity contribution is 5.94. The molecule has 2 aliphatic rings. The van der Waals surface area contributed by atoms with Gasteiger partial charge in [0.15, 0.2) is 12.2 Å². The predicted molar refractivity (Wildman–Crippen MR) is 482 cm³/mol. The molecule has 0 saturated carbocycles. The van der Waals surface area contributed by atoms with Crippen molar-refractivity contribution in [2.24, 2.45) is 34.0 Å². The fourth-order valence-corrected chi connectivity index (χ4v) is 15.2. The van der Waals surface area contributed by atoms with Gasteiger partial charge in [0.1, 0.15) is 24.2 Å². The molecule has 11 atom stereocenters. The number of carbonyl (C=O) groups excluding carboxylic acids is 8. The summed E-state index contributed by atoms with van der Waals surface area (Å²) >= 11 is 0. The third-order valence-corrected chi connectivity index (χ3v) is 21.9. The second-order valence-electron chi connectivity index (χ2n) is 36.0. The Morgan fingerprint density at radius 2 is 0.726 bits per heavy atom. The maximum absolute atomic E-state index is 13.9. The van der Waals surface area contributed by atoms with Gasteiger partial charge in [0.05, 0.1) is 29.8 Å². The lowest BCUT2D eigenvalue weighted by Gasteiger charge is -2.33. The fourth-order valence-electron chi connectivity index (χ4n) is 15.2. The minimum absolute atomic E-state index is 0. The summed E-state index contributed by atoms with van der Waals surface area (Å²) in [5.41, 5.74) is 14.9. The minimum atomic E-state index is -1.79. The fraction of sp³-hybridized carbons (Fsp3) is 0.450. The lowest BCUT2D eigenvalue weighted by molar-refractivity contribution is -0.164. The Hall–Kier alpha value is -11.3. The molecule has 8 aromatic rings. The molecule has 2 aromatic heterocycles. The highest BCUT2D eigenvalue weighted by atomic mass is 16.8. The number of aliphatic carboxylic acids is 1. The van der Waals surface area contributed by atoms with Gasteiger partial charge in [-0.15, -0.1) is 0 Å². The number of cyclic esters (lactones) is 2. The van der Waals surface area contributed by atoms with E-state index >= 15 is 0 Å². The van der Waals surface area contributed by atoms with E-state index < -0.39 is 129 Å². The summed E-state index contributed by atoms with van der Waals surface area (Å²) in [6.07, 6.45) is 7.34. The second kappa shape index (κ2) is 45.4. The average molecular weight is 1700 g/mol. The normalized spacial score (nSPS) is 16.7. The van der Waals surface area contributed by atoms with Crippen LogP contribution in [0.1, 0.15) is 214 Å². The molecule has 2 fully saturated rings.